The average molecular weight is 239 g/mol. The van der Waals surface area contributed by atoms with Crippen LogP contribution in [0.15, 0.2) is 12.1 Å². The Kier molecular flexibility index (Phi) is 4.23. The quantitative estimate of drug-likeness (QED) is 0.853. The van der Waals surface area contributed by atoms with Gasteiger partial charge in [0.2, 0.25) is 0 Å². The zero-order chi connectivity index (χ0) is 13.1. The topological polar surface area (TPSA) is 53.7 Å². The van der Waals surface area contributed by atoms with Crippen LogP contribution in [0.3, 0.4) is 0 Å². The molecular formula is C13H21NO3. The van der Waals surface area contributed by atoms with E-state index in [2.05, 4.69) is 0 Å². The van der Waals surface area contributed by atoms with Gasteiger partial charge in [-0.15, -0.1) is 0 Å². The van der Waals surface area contributed by atoms with Crippen molar-refractivity contribution < 1.29 is 14.2 Å². The Hall–Kier alpha value is -1.42. The first-order valence-electron chi connectivity index (χ1n) is 5.49. The summed E-state index contributed by atoms with van der Waals surface area (Å²) in [5, 5.41) is 0. The van der Waals surface area contributed by atoms with E-state index in [-0.39, 0.29) is 5.54 Å². The molecule has 0 aliphatic heterocycles. The highest BCUT2D eigenvalue weighted by Gasteiger charge is 2.20. The van der Waals surface area contributed by atoms with E-state index >= 15 is 0 Å². The molecule has 0 saturated heterocycles. The van der Waals surface area contributed by atoms with Crippen LogP contribution in [0.2, 0.25) is 0 Å². The molecule has 4 nitrogen and oxygen atoms in total. The summed E-state index contributed by atoms with van der Waals surface area (Å²) in [4.78, 5) is 0. The van der Waals surface area contributed by atoms with E-state index in [9.17, 15) is 0 Å². The van der Waals surface area contributed by atoms with Crippen molar-refractivity contribution in [2.75, 3.05) is 21.3 Å². The highest BCUT2D eigenvalue weighted by atomic mass is 16.5. The van der Waals surface area contributed by atoms with E-state index in [1.54, 1.807) is 21.3 Å². The standard InChI is InChI=1S/C13H21NO3/c1-13(2,14)8-10-11(16-4)6-9(15-3)7-12(10)17-5/h6-7H,8,14H2,1-5H3. The first-order valence-corrected chi connectivity index (χ1v) is 5.49. The van der Waals surface area contributed by atoms with Gasteiger partial charge in [-0.2, -0.15) is 0 Å². The number of methoxy groups -OCH3 is 3. The Labute approximate surface area is 103 Å². The number of ether oxygens (including phenoxy) is 3. The third-order valence-electron chi connectivity index (χ3n) is 2.45. The lowest BCUT2D eigenvalue weighted by Gasteiger charge is -2.22. The van der Waals surface area contributed by atoms with Crippen LogP contribution in [0.25, 0.3) is 0 Å². The van der Waals surface area contributed by atoms with Crippen LogP contribution in [0, 0.1) is 0 Å². The lowest BCUT2D eigenvalue weighted by Crippen LogP contribution is -2.34. The highest BCUT2D eigenvalue weighted by molar-refractivity contribution is 5.51. The Morgan fingerprint density at radius 1 is 1.00 bits per heavy atom. The number of benzene rings is 1. The molecule has 0 aliphatic carbocycles. The molecule has 0 amide bonds. The molecule has 1 rings (SSSR count). The maximum Gasteiger partial charge on any atom is 0.129 e. The molecule has 1 aromatic carbocycles. The minimum absolute atomic E-state index is 0.324. The van der Waals surface area contributed by atoms with Crippen LogP contribution in [0.1, 0.15) is 19.4 Å². The van der Waals surface area contributed by atoms with Gasteiger partial charge < -0.3 is 19.9 Å². The van der Waals surface area contributed by atoms with Gasteiger partial charge in [-0.25, -0.2) is 0 Å². The second kappa shape index (κ2) is 5.27. The van der Waals surface area contributed by atoms with Crippen LogP contribution in [-0.2, 0) is 6.42 Å². The fourth-order valence-electron chi connectivity index (χ4n) is 1.71. The molecule has 0 aromatic heterocycles. The Morgan fingerprint density at radius 3 is 1.76 bits per heavy atom. The smallest absolute Gasteiger partial charge is 0.129 e. The van der Waals surface area contributed by atoms with Crippen molar-refractivity contribution in [3.05, 3.63) is 17.7 Å². The fourth-order valence-corrected chi connectivity index (χ4v) is 1.71. The van der Waals surface area contributed by atoms with Crippen molar-refractivity contribution in [1.29, 1.82) is 0 Å². The summed E-state index contributed by atoms with van der Waals surface area (Å²) in [7, 11) is 4.86. The van der Waals surface area contributed by atoms with Crippen LogP contribution < -0.4 is 19.9 Å². The molecule has 0 bridgehead atoms. The van der Waals surface area contributed by atoms with Crippen molar-refractivity contribution in [3.8, 4) is 17.2 Å². The third kappa shape index (κ3) is 3.53. The largest absolute Gasteiger partial charge is 0.496 e. The summed E-state index contributed by atoms with van der Waals surface area (Å²) in [6.07, 6.45) is 0.670. The maximum atomic E-state index is 6.04. The van der Waals surface area contributed by atoms with Gasteiger partial charge in [0.25, 0.3) is 0 Å². The Balaban J connectivity index is 3.24. The maximum absolute atomic E-state index is 6.04. The van der Waals surface area contributed by atoms with Crippen molar-refractivity contribution in [3.63, 3.8) is 0 Å². The van der Waals surface area contributed by atoms with Crippen LogP contribution in [-0.4, -0.2) is 26.9 Å². The van der Waals surface area contributed by atoms with Gasteiger partial charge >= 0.3 is 0 Å². The van der Waals surface area contributed by atoms with E-state index in [1.165, 1.54) is 0 Å². The van der Waals surface area contributed by atoms with E-state index in [0.29, 0.717) is 12.2 Å². The monoisotopic (exact) mass is 239 g/mol. The van der Waals surface area contributed by atoms with Gasteiger partial charge in [0.15, 0.2) is 0 Å². The summed E-state index contributed by atoms with van der Waals surface area (Å²) in [5.41, 5.74) is 6.68. The molecule has 2 N–H and O–H groups in total. The van der Waals surface area contributed by atoms with Gasteiger partial charge in [0.05, 0.1) is 21.3 Å². The molecule has 0 radical (unpaired) electrons. The Morgan fingerprint density at radius 2 is 1.47 bits per heavy atom. The lowest BCUT2D eigenvalue weighted by molar-refractivity contribution is 0.362. The summed E-state index contributed by atoms with van der Waals surface area (Å²) in [5.74, 6) is 2.18. The van der Waals surface area contributed by atoms with Gasteiger partial charge in [0.1, 0.15) is 17.2 Å². The van der Waals surface area contributed by atoms with Crippen LogP contribution >= 0.6 is 0 Å². The van der Waals surface area contributed by atoms with E-state index in [1.807, 2.05) is 26.0 Å². The molecule has 0 atom stereocenters. The molecule has 0 spiro atoms. The first kappa shape index (κ1) is 13.6. The molecule has 1 aromatic rings. The first-order chi connectivity index (χ1) is 7.91. The molecule has 0 fully saturated rings. The third-order valence-corrected chi connectivity index (χ3v) is 2.45. The van der Waals surface area contributed by atoms with E-state index in [4.69, 9.17) is 19.9 Å². The number of hydrogen-bond donors (Lipinski definition) is 1. The van der Waals surface area contributed by atoms with Crippen molar-refractivity contribution in [2.45, 2.75) is 25.8 Å². The van der Waals surface area contributed by atoms with Gasteiger partial charge in [-0.05, 0) is 20.3 Å². The van der Waals surface area contributed by atoms with Gasteiger partial charge in [-0.3, -0.25) is 0 Å². The lowest BCUT2D eigenvalue weighted by atomic mass is 9.94. The molecule has 0 unspecified atom stereocenters. The van der Waals surface area contributed by atoms with Gasteiger partial charge in [-0.1, -0.05) is 0 Å². The zero-order valence-corrected chi connectivity index (χ0v) is 11.2. The van der Waals surface area contributed by atoms with Crippen molar-refractivity contribution in [1.82, 2.24) is 0 Å². The minimum Gasteiger partial charge on any atom is -0.496 e. The van der Waals surface area contributed by atoms with Crippen molar-refractivity contribution >= 4 is 0 Å². The predicted octanol–water partition coefficient (Wildman–Crippen LogP) is 1.99. The molecule has 0 saturated carbocycles. The summed E-state index contributed by atoms with van der Waals surface area (Å²) in [6.45, 7) is 3.94. The second-order valence-corrected chi connectivity index (χ2v) is 4.68. The molecule has 17 heavy (non-hydrogen) atoms. The molecule has 96 valence electrons. The highest BCUT2D eigenvalue weighted by Crippen LogP contribution is 2.35. The minimum atomic E-state index is -0.324. The number of nitrogens with two attached hydrogens (primary N) is 1. The zero-order valence-electron chi connectivity index (χ0n) is 11.2. The molecule has 4 heteroatoms. The SMILES string of the molecule is COc1cc(OC)c(CC(C)(C)N)c(OC)c1. The van der Waals surface area contributed by atoms with E-state index in [0.717, 1.165) is 17.1 Å². The van der Waals surface area contributed by atoms with E-state index < -0.39 is 0 Å². The molecule has 0 aliphatic rings. The second-order valence-electron chi connectivity index (χ2n) is 4.68. The summed E-state index contributed by atoms with van der Waals surface area (Å²) in [6, 6.07) is 3.67. The molecular weight excluding hydrogens is 218 g/mol. The van der Waals surface area contributed by atoms with Crippen LogP contribution in [0.5, 0.6) is 17.2 Å². The van der Waals surface area contributed by atoms with Gasteiger partial charge in [0, 0.05) is 23.2 Å². The molecule has 0 heterocycles. The predicted molar refractivity (Wildman–Crippen MR) is 68.1 cm³/mol. The average Bonchev–Trinajstić information content (AvgIpc) is 2.27. The Bertz CT molecular complexity index is 358. The summed E-state index contributed by atoms with van der Waals surface area (Å²) >= 11 is 0. The number of rotatable bonds is 5. The van der Waals surface area contributed by atoms with Crippen LogP contribution in [0.4, 0.5) is 0 Å². The fraction of sp³-hybridized carbons (Fsp3) is 0.538. The van der Waals surface area contributed by atoms with Crippen molar-refractivity contribution in [2.24, 2.45) is 5.73 Å². The summed E-state index contributed by atoms with van der Waals surface area (Å²) < 4.78 is 15.9. The normalized spacial score (nSPS) is 11.2. The number of hydrogen-bond acceptors (Lipinski definition) is 4.